The van der Waals surface area contributed by atoms with Gasteiger partial charge in [0.15, 0.2) is 5.58 Å². The van der Waals surface area contributed by atoms with Crippen molar-refractivity contribution in [3.05, 3.63) is 18.2 Å². The number of amides is 1. The topological polar surface area (TPSA) is 79.0 Å². The number of hydrogen-bond donors (Lipinski definition) is 1. The van der Waals surface area contributed by atoms with E-state index in [1.54, 1.807) is 23.1 Å². The number of aromatic nitrogens is 1. The maximum Gasteiger partial charge on any atom is 0.410 e. The molecule has 0 bridgehead atoms. The number of rotatable bonds is 1. The Morgan fingerprint density at radius 3 is 2.61 bits per heavy atom. The quantitative estimate of drug-likeness (QED) is 0.870. The number of phenols is 1. The summed E-state index contributed by atoms with van der Waals surface area (Å²) in [6.07, 6.45) is -0.292. The maximum atomic E-state index is 12.1. The summed E-state index contributed by atoms with van der Waals surface area (Å²) in [7, 11) is 0. The number of anilines is 1. The lowest BCUT2D eigenvalue weighted by Crippen LogP contribution is -2.50. The standard InChI is InChI=1S/C16H21N3O4/c1-16(2,3)23-15(21)19-8-6-18(7-9-19)14-17-12-5-4-11(20)10-13(12)22-14/h4-5,10,20H,6-9H2,1-3H3. The molecule has 3 rings (SSSR count). The first-order chi connectivity index (χ1) is 10.8. The van der Waals surface area contributed by atoms with Crippen molar-refractivity contribution in [3.63, 3.8) is 0 Å². The zero-order valence-corrected chi connectivity index (χ0v) is 13.6. The molecule has 23 heavy (non-hydrogen) atoms. The van der Waals surface area contributed by atoms with E-state index in [2.05, 4.69) is 4.98 Å². The third kappa shape index (κ3) is 3.49. The first kappa shape index (κ1) is 15.5. The van der Waals surface area contributed by atoms with Gasteiger partial charge in [-0.1, -0.05) is 0 Å². The molecule has 7 nitrogen and oxygen atoms in total. The van der Waals surface area contributed by atoms with E-state index in [-0.39, 0.29) is 11.8 Å². The van der Waals surface area contributed by atoms with Crippen molar-refractivity contribution >= 4 is 23.2 Å². The lowest BCUT2D eigenvalue weighted by atomic mass is 10.2. The van der Waals surface area contributed by atoms with E-state index >= 15 is 0 Å². The lowest BCUT2D eigenvalue weighted by molar-refractivity contribution is 0.0239. The number of carbonyl (C=O) groups excluding carboxylic acids is 1. The van der Waals surface area contributed by atoms with E-state index in [9.17, 15) is 9.90 Å². The van der Waals surface area contributed by atoms with Crippen LogP contribution in [0.3, 0.4) is 0 Å². The number of oxazole rings is 1. The van der Waals surface area contributed by atoms with Gasteiger partial charge in [-0.05, 0) is 32.9 Å². The van der Waals surface area contributed by atoms with Crippen LogP contribution in [0.5, 0.6) is 5.75 Å². The van der Waals surface area contributed by atoms with Crippen LogP contribution in [-0.2, 0) is 4.74 Å². The molecule has 1 aromatic heterocycles. The number of carbonyl (C=O) groups is 1. The molecule has 124 valence electrons. The van der Waals surface area contributed by atoms with Gasteiger partial charge in [-0.15, -0.1) is 0 Å². The average molecular weight is 319 g/mol. The van der Waals surface area contributed by atoms with Gasteiger partial charge >= 0.3 is 6.09 Å². The molecule has 1 aliphatic heterocycles. The molecule has 0 atom stereocenters. The molecule has 0 aliphatic carbocycles. The maximum absolute atomic E-state index is 12.1. The molecular formula is C16H21N3O4. The van der Waals surface area contributed by atoms with Crippen molar-refractivity contribution in [2.24, 2.45) is 0 Å². The Kier molecular flexibility index (Phi) is 3.79. The zero-order chi connectivity index (χ0) is 16.6. The summed E-state index contributed by atoms with van der Waals surface area (Å²) in [4.78, 5) is 20.1. The molecule has 1 amide bonds. The van der Waals surface area contributed by atoms with Gasteiger partial charge in [0.05, 0.1) is 0 Å². The highest BCUT2D eigenvalue weighted by Gasteiger charge is 2.27. The van der Waals surface area contributed by atoms with Crippen molar-refractivity contribution in [1.29, 1.82) is 0 Å². The van der Waals surface area contributed by atoms with Crippen LogP contribution in [-0.4, -0.2) is 52.9 Å². The second-order valence-corrected chi connectivity index (χ2v) is 6.60. The molecule has 1 aromatic carbocycles. The second kappa shape index (κ2) is 5.64. The summed E-state index contributed by atoms with van der Waals surface area (Å²) >= 11 is 0. The summed E-state index contributed by atoms with van der Waals surface area (Å²) in [5.41, 5.74) is 0.762. The lowest BCUT2D eigenvalue weighted by Gasteiger charge is -2.34. The molecule has 2 heterocycles. The smallest absolute Gasteiger partial charge is 0.410 e. The predicted octanol–water partition coefficient (Wildman–Crippen LogP) is 2.59. The summed E-state index contributed by atoms with van der Waals surface area (Å²) in [5.74, 6) is 0.148. The highest BCUT2D eigenvalue weighted by atomic mass is 16.6. The first-order valence-electron chi connectivity index (χ1n) is 7.64. The van der Waals surface area contributed by atoms with Crippen molar-refractivity contribution in [2.45, 2.75) is 26.4 Å². The summed E-state index contributed by atoms with van der Waals surface area (Å²) in [6, 6.07) is 5.35. The van der Waals surface area contributed by atoms with Crippen molar-refractivity contribution in [1.82, 2.24) is 9.88 Å². The number of benzene rings is 1. The Labute approximate surface area is 134 Å². The van der Waals surface area contributed by atoms with Gasteiger partial charge in [-0.2, -0.15) is 4.98 Å². The van der Waals surface area contributed by atoms with Crippen LogP contribution < -0.4 is 4.90 Å². The van der Waals surface area contributed by atoms with E-state index in [1.165, 1.54) is 0 Å². The number of hydrogen-bond acceptors (Lipinski definition) is 6. The van der Waals surface area contributed by atoms with Crippen LogP contribution in [0.25, 0.3) is 11.1 Å². The number of fused-ring (bicyclic) bond motifs is 1. The Hall–Kier alpha value is -2.44. The van der Waals surface area contributed by atoms with E-state index < -0.39 is 5.60 Å². The number of phenolic OH excluding ortho intramolecular Hbond substituents is 1. The molecule has 0 unspecified atom stereocenters. The normalized spacial score (nSPS) is 16.0. The van der Waals surface area contributed by atoms with Crippen LogP contribution in [0.4, 0.5) is 10.8 Å². The van der Waals surface area contributed by atoms with E-state index in [0.717, 1.165) is 0 Å². The van der Waals surface area contributed by atoms with Gasteiger partial charge in [-0.25, -0.2) is 4.79 Å². The van der Waals surface area contributed by atoms with Gasteiger partial charge < -0.3 is 24.1 Å². The molecule has 1 aliphatic rings. The fourth-order valence-corrected chi connectivity index (χ4v) is 2.44. The van der Waals surface area contributed by atoms with E-state index in [1.807, 2.05) is 25.7 Å². The Morgan fingerprint density at radius 1 is 1.26 bits per heavy atom. The minimum Gasteiger partial charge on any atom is -0.508 e. The minimum atomic E-state index is -0.490. The zero-order valence-electron chi connectivity index (χ0n) is 13.6. The molecule has 0 radical (unpaired) electrons. The molecule has 1 N–H and O–H groups in total. The van der Waals surface area contributed by atoms with Gasteiger partial charge in [0.25, 0.3) is 6.01 Å². The third-order valence-corrected chi connectivity index (χ3v) is 3.56. The van der Waals surface area contributed by atoms with Crippen molar-refractivity contribution in [2.75, 3.05) is 31.1 Å². The number of ether oxygens (including phenoxy) is 1. The van der Waals surface area contributed by atoms with Crippen LogP contribution in [0.2, 0.25) is 0 Å². The summed E-state index contributed by atoms with van der Waals surface area (Å²) < 4.78 is 11.1. The van der Waals surface area contributed by atoms with Gasteiger partial charge in [-0.3, -0.25) is 0 Å². The number of aromatic hydroxyl groups is 1. The SMILES string of the molecule is CC(C)(C)OC(=O)N1CCN(c2nc3ccc(O)cc3o2)CC1. The highest BCUT2D eigenvalue weighted by Crippen LogP contribution is 2.26. The molecule has 1 saturated heterocycles. The fraction of sp³-hybridized carbons (Fsp3) is 0.500. The molecule has 0 spiro atoms. The fourth-order valence-electron chi connectivity index (χ4n) is 2.44. The van der Waals surface area contributed by atoms with Crippen LogP contribution >= 0.6 is 0 Å². The van der Waals surface area contributed by atoms with Crippen molar-refractivity contribution < 1.29 is 19.1 Å². The Balaban J connectivity index is 1.65. The number of piperazine rings is 1. The molecule has 0 saturated carbocycles. The molecule has 2 aromatic rings. The largest absolute Gasteiger partial charge is 0.508 e. The first-order valence-corrected chi connectivity index (χ1v) is 7.64. The Morgan fingerprint density at radius 2 is 1.96 bits per heavy atom. The van der Waals surface area contributed by atoms with Gasteiger partial charge in [0.1, 0.15) is 16.9 Å². The van der Waals surface area contributed by atoms with Crippen LogP contribution in [0, 0.1) is 0 Å². The Bertz CT molecular complexity index is 712. The minimum absolute atomic E-state index is 0.148. The number of nitrogens with zero attached hydrogens (tertiary/aromatic N) is 3. The summed E-state index contributed by atoms with van der Waals surface area (Å²) in [6.45, 7) is 7.92. The van der Waals surface area contributed by atoms with Gasteiger partial charge in [0.2, 0.25) is 0 Å². The predicted molar refractivity (Wildman–Crippen MR) is 85.7 cm³/mol. The highest BCUT2D eigenvalue weighted by molar-refractivity contribution is 5.76. The van der Waals surface area contributed by atoms with Gasteiger partial charge in [0, 0.05) is 32.2 Å². The van der Waals surface area contributed by atoms with E-state index in [4.69, 9.17) is 9.15 Å². The van der Waals surface area contributed by atoms with E-state index in [0.29, 0.717) is 43.3 Å². The monoisotopic (exact) mass is 319 g/mol. The molecular weight excluding hydrogens is 298 g/mol. The van der Waals surface area contributed by atoms with Crippen molar-refractivity contribution in [3.8, 4) is 5.75 Å². The third-order valence-electron chi connectivity index (χ3n) is 3.56. The average Bonchev–Trinajstić information content (AvgIpc) is 2.88. The molecule has 1 fully saturated rings. The van der Waals surface area contributed by atoms with Crippen LogP contribution in [0.15, 0.2) is 22.6 Å². The van der Waals surface area contributed by atoms with Crippen LogP contribution in [0.1, 0.15) is 20.8 Å². The summed E-state index contributed by atoms with van der Waals surface area (Å²) in [5, 5.41) is 9.48. The second-order valence-electron chi connectivity index (χ2n) is 6.60. The molecule has 7 heteroatoms.